The molecule has 0 aliphatic rings. The van der Waals surface area contributed by atoms with Gasteiger partial charge in [0, 0.05) is 28.0 Å². The van der Waals surface area contributed by atoms with E-state index in [4.69, 9.17) is 0 Å². The number of rotatable bonds is 4. The molecule has 0 fully saturated rings. The predicted octanol–water partition coefficient (Wildman–Crippen LogP) is 3.50. The fraction of sp³-hybridized carbons (Fsp3) is 0.167. The average molecular weight is 379 g/mol. The number of nitrogens with one attached hydrogen (secondary N) is 2. The zero-order valence-electron chi connectivity index (χ0n) is 15.0. The van der Waals surface area contributed by atoms with Crippen molar-refractivity contribution < 1.29 is 4.79 Å². The quantitative estimate of drug-likeness (QED) is 0.563. The van der Waals surface area contributed by atoms with Crippen LogP contribution >= 0.6 is 11.3 Å². The lowest BCUT2D eigenvalue weighted by Gasteiger charge is -2.08. The Bertz CT molecular complexity index is 1130. The van der Waals surface area contributed by atoms with E-state index >= 15 is 0 Å². The van der Waals surface area contributed by atoms with Crippen molar-refractivity contribution in [1.82, 2.24) is 24.6 Å². The molecule has 0 unspecified atom stereocenters. The van der Waals surface area contributed by atoms with Gasteiger partial charge in [-0.05, 0) is 45.0 Å². The zero-order chi connectivity index (χ0) is 19.0. The minimum absolute atomic E-state index is 0.282. The Kier molecular flexibility index (Phi) is 4.28. The molecule has 27 heavy (non-hydrogen) atoms. The van der Waals surface area contributed by atoms with E-state index in [0.29, 0.717) is 11.5 Å². The molecule has 0 saturated carbocycles. The third-order valence-corrected chi connectivity index (χ3v) is 4.77. The molecule has 0 aliphatic carbocycles. The number of anilines is 3. The number of thiazole rings is 1. The van der Waals surface area contributed by atoms with Crippen molar-refractivity contribution in [3.63, 3.8) is 0 Å². The van der Waals surface area contributed by atoms with Crippen LogP contribution in [0.5, 0.6) is 0 Å². The van der Waals surface area contributed by atoms with Crippen LogP contribution in [-0.2, 0) is 0 Å². The SMILES string of the molecule is Cc1cc(C)nc(Nc2cccc(C(=O)Nc3nc4scc(C)n4n3)c2)n1. The molecule has 3 heterocycles. The zero-order valence-corrected chi connectivity index (χ0v) is 15.8. The Hall–Kier alpha value is -3.33. The number of carbonyl (C=O) groups is 1. The van der Waals surface area contributed by atoms with Crippen molar-refractivity contribution in [2.75, 3.05) is 10.6 Å². The highest BCUT2D eigenvalue weighted by atomic mass is 32.1. The van der Waals surface area contributed by atoms with Gasteiger partial charge in [-0.1, -0.05) is 6.07 Å². The highest BCUT2D eigenvalue weighted by molar-refractivity contribution is 7.15. The van der Waals surface area contributed by atoms with Crippen LogP contribution in [0.25, 0.3) is 4.96 Å². The first-order valence-electron chi connectivity index (χ1n) is 8.29. The van der Waals surface area contributed by atoms with Crippen LogP contribution in [0, 0.1) is 20.8 Å². The van der Waals surface area contributed by atoms with Crippen molar-refractivity contribution in [3.05, 3.63) is 58.4 Å². The van der Waals surface area contributed by atoms with E-state index in [2.05, 4.69) is 30.7 Å². The van der Waals surface area contributed by atoms with Crippen LogP contribution in [0.4, 0.5) is 17.6 Å². The summed E-state index contributed by atoms with van der Waals surface area (Å²) in [5, 5.41) is 12.1. The van der Waals surface area contributed by atoms with Crippen LogP contribution in [0.3, 0.4) is 0 Å². The van der Waals surface area contributed by atoms with Gasteiger partial charge in [0.1, 0.15) is 0 Å². The van der Waals surface area contributed by atoms with Gasteiger partial charge in [0.15, 0.2) is 0 Å². The first-order chi connectivity index (χ1) is 13.0. The summed E-state index contributed by atoms with van der Waals surface area (Å²) in [4.78, 5) is 26.3. The van der Waals surface area contributed by atoms with E-state index in [0.717, 1.165) is 27.7 Å². The van der Waals surface area contributed by atoms with E-state index in [9.17, 15) is 4.79 Å². The number of hydrogen-bond donors (Lipinski definition) is 2. The summed E-state index contributed by atoms with van der Waals surface area (Å²) in [6.07, 6.45) is 0. The van der Waals surface area contributed by atoms with E-state index in [1.807, 2.05) is 38.3 Å². The molecule has 3 aromatic heterocycles. The molecule has 4 aromatic rings. The highest BCUT2D eigenvalue weighted by Crippen LogP contribution is 2.18. The van der Waals surface area contributed by atoms with Crippen LogP contribution in [0.2, 0.25) is 0 Å². The lowest BCUT2D eigenvalue weighted by Crippen LogP contribution is -2.13. The maximum atomic E-state index is 12.6. The first-order valence-corrected chi connectivity index (χ1v) is 9.17. The molecule has 1 amide bonds. The molecule has 2 N–H and O–H groups in total. The van der Waals surface area contributed by atoms with E-state index in [-0.39, 0.29) is 11.9 Å². The number of nitrogens with zero attached hydrogens (tertiary/aromatic N) is 5. The molecular weight excluding hydrogens is 362 g/mol. The number of benzene rings is 1. The largest absolute Gasteiger partial charge is 0.324 e. The Labute approximate surface area is 159 Å². The van der Waals surface area contributed by atoms with Gasteiger partial charge in [-0.15, -0.1) is 16.4 Å². The average Bonchev–Trinajstić information content (AvgIpc) is 3.16. The maximum absolute atomic E-state index is 12.6. The van der Waals surface area contributed by atoms with E-state index in [1.54, 1.807) is 22.7 Å². The third kappa shape index (κ3) is 3.63. The van der Waals surface area contributed by atoms with Gasteiger partial charge in [-0.2, -0.15) is 4.98 Å². The molecule has 0 bridgehead atoms. The molecule has 0 radical (unpaired) electrons. The number of hydrogen-bond acceptors (Lipinski definition) is 7. The second-order valence-electron chi connectivity index (χ2n) is 6.14. The molecule has 0 atom stereocenters. The van der Waals surface area contributed by atoms with Gasteiger partial charge in [-0.3, -0.25) is 10.1 Å². The molecule has 1 aromatic carbocycles. The maximum Gasteiger partial charge on any atom is 0.258 e. The Morgan fingerprint density at radius 2 is 1.81 bits per heavy atom. The second kappa shape index (κ2) is 6.76. The monoisotopic (exact) mass is 379 g/mol. The van der Waals surface area contributed by atoms with Crippen LogP contribution < -0.4 is 10.6 Å². The topological polar surface area (TPSA) is 97.1 Å². The number of aryl methyl sites for hydroxylation is 3. The summed E-state index contributed by atoms with van der Waals surface area (Å²) in [7, 11) is 0. The Balaban J connectivity index is 1.53. The molecular formula is C18H17N7OS. The minimum atomic E-state index is -0.282. The van der Waals surface area contributed by atoms with Crippen molar-refractivity contribution in [3.8, 4) is 0 Å². The molecule has 136 valence electrons. The molecule has 0 aliphatic heterocycles. The van der Waals surface area contributed by atoms with Gasteiger partial charge >= 0.3 is 0 Å². The van der Waals surface area contributed by atoms with Crippen LogP contribution in [0.15, 0.2) is 35.7 Å². The number of carbonyl (C=O) groups excluding carboxylic acids is 1. The van der Waals surface area contributed by atoms with Crippen molar-refractivity contribution in [2.24, 2.45) is 0 Å². The van der Waals surface area contributed by atoms with Crippen LogP contribution in [-0.4, -0.2) is 30.5 Å². The molecule has 9 heteroatoms. The van der Waals surface area contributed by atoms with Gasteiger partial charge in [-0.25, -0.2) is 14.5 Å². The molecule has 0 spiro atoms. The smallest absolute Gasteiger partial charge is 0.258 e. The fourth-order valence-electron chi connectivity index (χ4n) is 2.67. The summed E-state index contributed by atoms with van der Waals surface area (Å²) in [5.41, 5.74) is 3.93. The summed E-state index contributed by atoms with van der Waals surface area (Å²) in [5.74, 6) is 0.499. The Morgan fingerprint density at radius 3 is 2.56 bits per heavy atom. The normalized spacial score (nSPS) is 10.9. The Morgan fingerprint density at radius 1 is 1.04 bits per heavy atom. The van der Waals surface area contributed by atoms with Crippen molar-refractivity contribution >= 4 is 39.8 Å². The van der Waals surface area contributed by atoms with Crippen molar-refractivity contribution in [1.29, 1.82) is 0 Å². The summed E-state index contributed by atoms with van der Waals surface area (Å²) in [6, 6.07) is 9.02. The van der Waals surface area contributed by atoms with Crippen LogP contribution in [0.1, 0.15) is 27.4 Å². The number of amides is 1. The first kappa shape index (κ1) is 17.1. The lowest BCUT2D eigenvalue weighted by atomic mass is 10.2. The van der Waals surface area contributed by atoms with E-state index < -0.39 is 0 Å². The summed E-state index contributed by atoms with van der Waals surface area (Å²) in [6.45, 7) is 5.76. The number of aromatic nitrogens is 5. The molecule has 0 saturated heterocycles. The van der Waals surface area contributed by atoms with Gasteiger partial charge in [0.25, 0.3) is 11.9 Å². The van der Waals surface area contributed by atoms with Gasteiger partial charge in [0.05, 0.1) is 5.69 Å². The van der Waals surface area contributed by atoms with Gasteiger partial charge in [0.2, 0.25) is 10.9 Å². The molecule has 4 rings (SSSR count). The van der Waals surface area contributed by atoms with Gasteiger partial charge < -0.3 is 5.32 Å². The predicted molar refractivity (Wildman–Crippen MR) is 105 cm³/mol. The molecule has 8 nitrogen and oxygen atoms in total. The van der Waals surface area contributed by atoms with Crippen molar-refractivity contribution in [2.45, 2.75) is 20.8 Å². The summed E-state index contributed by atoms with van der Waals surface area (Å²) < 4.78 is 1.70. The number of fused-ring (bicyclic) bond motifs is 1. The standard InChI is InChI=1S/C18H17N7OS/c1-10-7-11(2)20-16(19-10)21-14-6-4-5-13(8-14)15(26)22-17-23-18-25(24-17)12(3)9-27-18/h4-9H,1-3H3,(H,19,20,21)(H,22,24,26). The highest BCUT2D eigenvalue weighted by Gasteiger charge is 2.12. The van der Waals surface area contributed by atoms with E-state index in [1.165, 1.54) is 11.3 Å². The third-order valence-electron chi connectivity index (χ3n) is 3.83. The minimum Gasteiger partial charge on any atom is -0.324 e. The second-order valence-corrected chi connectivity index (χ2v) is 6.98. The lowest BCUT2D eigenvalue weighted by molar-refractivity contribution is 0.102. The fourth-order valence-corrected chi connectivity index (χ4v) is 3.47. The summed E-state index contributed by atoms with van der Waals surface area (Å²) >= 11 is 1.48.